The maximum absolute atomic E-state index is 12.5. The van der Waals surface area contributed by atoms with Crippen molar-refractivity contribution in [2.24, 2.45) is 0 Å². The highest BCUT2D eigenvalue weighted by Crippen LogP contribution is 2.50. The summed E-state index contributed by atoms with van der Waals surface area (Å²) in [6.45, 7) is 5.80. The second-order valence-electron chi connectivity index (χ2n) is 8.66. The van der Waals surface area contributed by atoms with Crippen LogP contribution < -0.4 is 20.1 Å². The molecule has 2 aromatic carbocycles. The molecule has 7 nitrogen and oxygen atoms in total. The van der Waals surface area contributed by atoms with Gasteiger partial charge in [-0.15, -0.1) is 0 Å². The lowest BCUT2D eigenvalue weighted by Gasteiger charge is -2.29. The number of carbonyl (C=O) groups excluding carboxylic acids is 1. The second kappa shape index (κ2) is 9.02. The molecule has 0 saturated heterocycles. The van der Waals surface area contributed by atoms with E-state index in [0.29, 0.717) is 17.4 Å². The first kappa shape index (κ1) is 21.9. The van der Waals surface area contributed by atoms with E-state index in [1.807, 2.05) is 37.2 Å². The summed E-state index contributed by atoms with van der Waals surface area (Å²) in [5, 5.41) is 7.14. The van der Waals surface area contributed by atoms with Crippen LogP contribution >= 0.6 is 0 Å². The molecular formula is C25H32N4O3. The summed E-state index contributed by atoms with van der Waals surface area (Å²) >= 11 is 0. The Morgan fingerprint density at radius 1 is 0.812 bits per heavy atom. The van der Waals surface area contributed by atoms with E-state index < -0.39 is 6.09 Å². The summed E-state index contributed by atoms with van der Waals surface area (Å²) in [6.07, 6.45) is 3.68. The molecule has 0 radical (unpaired) electrons. The van der Waals surface area contributed by atoms with Gasteiger partial charge < -0.3 is 29.9 Å². The highest BCUT2D eigenvalue weighted by Gasteiger charge is 2.28. The summed E-state index contributed by atoms with van der Waals surface area (Å²) in [7, 11) is 7.16. The maximum atomic E-state index is 12.5. The van der Waals surface area contributed by atoms with Crippen molar-refractivity contribution in [1.29, 1.82) is 0 Å². The first-order valence-electron chi connectivity index (χ1n) is 11.1. The lowest BCUT2D eigenvalue weighted by Crippen LogP contribution is -2.26. The third-order valence-electron chi connectivity index (χ3n) is 5.90. The molecule has 2 aliphatic heterocycles. The number of rotatable bonds is 5. The number of hydrogen-bond acceptors (Lipinski definition) is 6. The number of nitrogens with one attached hydrogen (secondary N) is 2. The van der Waals surface area contributed by atoms with E-state index in [0.717, 1.165) is 61.3 Å². The average Bonchev–Trinajstić information content (AvgIpc) is 2.79. The number of fused-ring (bicyclic) bond motifs is 2. The first-order valence-corrected chi connectivity index (χ1v) is 11.1. The van der Waals surface area contributed by atoms with Crippen LogP contribution in [0.15, 0.2) is 36.7 Å². The molecule has 2 aromatic rings. The number of anilines is 2. The molecule has 0 bridgehead atoms. The molecule has 0 aromatic heterocycles. The fourth-order valence-corrected chi connectivity index (χ4v) is 4.13. The van der Waals surface area contributed by atoms with Gasteiger partial charge in [0.25, 0.3) is 0 Å². The number of hydrogen-bond donors (Lipinski definition) is 2. The van der Waals surface area contributed by atoms with Crippen molar-refractivity contribution in [2.45, 2.75) is 25.7 Å². The average molecular weight is 437 g/mol. The van der Waals surface area contributed by atoms with Crippen LogP contribution in [-0.4, -0.2) is 57.2 Å². The third-order valence-corrected chi connectivity index (χ3v) is 5.90. The van der Waals surface area contributed by atoms with Crippen molar-refractivity contribution < 1.29 is 14.3 Å². The minimum Gasteiger partial charge on any atom is -0.441 e. The van der Waals surface area contributed by atoms with E-state index in [9.17, 15) is 4.79 Å². The summed E-state index contributed by atoms with van der Waals surface area (Å²) in [5.41, 5.74) is 6.22. The molecule has 2 aliphatic rings. The Labute approximate surface area is 190 Å². The molecule has 32 heavy (non-hydrogen) atoms. The standard InChI is InChI=1S/C25H32N4O3/c1-16(28(2)3)31-19-12-10-17-8-6-14-26-23(17)21(19)22-20(32-25(30)29(4)5)13-11-18-9-7-15-27-24(18)22/h10-13,26-27H,1,6-9,14-15H2,2-5H3. The van der Waals surface area contributed by atoms with Crippen LogP contribution in [0.2, 0.25) is 0 Å². The summed E-state index contributed by atoms with van der Waals surface area (Å²) in [4.78, 5) is 15.8. The molecule has 2 N–H and O–H groups in total. The molecule has 0 saturated carbocycles. The smallest absolute Gasteiger partial charge is 0.414 e. The van der Waals surface area contributed by atoms with Gasteiger partial charge in [-0.3, -0.25) is 0 Å². The van der Waals surface area contributed by atoms with Crippen LogP contribution in [0.5, 0.6) is 11.5 Å². The zero-order chi connectivity index (χ0) is 22.8. The van der Waals surface area contributed by atoms with Crippen molar-refractivity contribution in [1.82, 2.24) is 9.80 Å². The Kier molecular flexibility index (Phi) is 6.17. The normalized spacial score (nSPS) is 14.2. The van der Waals surface area contributed by atoms with Crippen LogP contribution in [0.25, 0.3) is 11.1 Å². The van der Waals surface area contributed by atoms with Crippen molar-refractivity contribution >= 4 is 17.5 Å². The van der Waals surface area contributed by atoms with Gasteiger partial charge in [0.05, 0.1) is 11.1 Å². The van der Waals surface area contributed by atoms with E-state index >= 15 is 0 Å². The quantitative estimate of drug-likeness (QED) is 0.671. The molecule has 1 amide bonds. The maximum Gasteiger partial charge on any atom is 0.414 e. The van der Waals surface area contributed by atoms with Gasteiger partial charge in [-0.25, -0.2) is 4.79 Å². The predicted molar refractivity (Wildman–Crippen MR) is 129 cm³/mol. The van der Waals surface area contributed by atoms with E-state index in [4.69, 9.17) is 9.47 Å². The van der Waals surface area contributed by atoms with Crippen molar-refractivity contribution in [3.63, 3.8) is 0 Å². The fourth-order valence-electron chi connectivity index (χ4n) is 4.13. The molecule has 7 heteroatoms. The summed E-state index contributed by atoms with van der Waals surface area (Å²) in [6, 6.07) is 8.05. The number of nitrogens with zero attached hydrogens (tertiary/aromatic N) is 2. The number of aryl methyl sites for hydroxylation is 2. The molecule has 0 aliphatic carbocycles. The molecule has 0 spiro atoms. The van der Waals surface area contributed by atoms with Gasteiger partial charge in [0.1, 0.15) is 11.5 Å². The first-order chi connectivity index (χ1) is 15.4. The Balaban J connectivity index is 1.96. The monoisotopic (exact) mass is 436 g/mol. The Morgan fingerprint density at radius 2 is 1.31 bits per heavy atom. The van der Waals surface area contributed by atoms with Crippen LogP contribution in [-0.2, 0) is 12.8 Å². The van der Waals surface area contributed by atoms with Crippen molar-refractivity contribution in [3.05, 3.63) is 47.9 Å². The second-order valence-corrected chi connectivity index (χ2v) is 8.66. The molecule has 0 unspecified atom stereocenters. The van der Waals surface area contributed by atoms with Gasteiger partial charge in [-0.1, -0.05) is 12.1 Å². The van der Waals surface area contributed by atoms with Gasteiger partial charge in [0.2, 0.25) is 0 Å². The van der Waals surface area contributed by atoms with Crippen LogP contribution in [0, 0.1) is 0 Å². The molecule has 0 atom stereocenters. The van der Waals surface area contributed by atoms with E-state index in [1.54, 1.807) is 14.1 Å². The molecule has 170 valence electrons. The highest BCUT2D eigenvalue weighted by molar-refractivity contribution is 5.97. The number of ether oxygens (including phenoxy) is 2. The SMILES string of the molecule is C=C(Oc1ccc2c(c1-c1c(OC(=O)N(C)C)ccc3c1NCCC3)NCCC2)N(C)C. The lowest BCUT2D eigenvalue weighted by molar-refractivity contribution is 0.172. The van der Waals surface area contributed by atoms with Crippen molar-refractivity contribution in [2.75, 3.05) is 51.9 Å². The number of carbonyl (C=O) groups is 1. The minimum absolute atomic E-state index is 0.417. The molecular weight excluding hydrogens is 404 g/mol. The zero-order valence-electron chi connectivity index (χ0n) is 19.4. The minimum atomic E-state index is -0.417. The summed E-state index contributed by atoms with van der Waals surface area (Å²) in [5.74, 6) is 1.73. The van der Waals surface area contributed by atoms with Crippen LogP contribution in [0.3, 0.4) is 0 Å². The molecule has 2 heterocycles. The molecule has 0 fully saturated rings. The Bertz CT molecular complexity index is 962. The molecule has 4 rings (SSSR count). The van der Waals surface area contributed by atoms with Gasteiger partial charge in [0, 0.05) is 52.7 Å². The van der Waals surface area contributed by atoms with E-state index in [1.165, 1.54) is 16.0 Å². The van der Waals surface area contributed by atoms with E-state index in [2.05, 4.69) is 23.3 Å². The predicted octanol–water partition coefficient (Wildman–Crippen LogP) is 4.54. The zero-order valence-corrected chi connectivity index (χ0v) is 19.4. The lowest BCUT2D eigenvalue weighted by atomic mass is 9.89. The largest absolute Gasteiger partial charge is 0.441 e. The van der Waals surface area contributed by atoms with Crippen molar-refractivity contribution in [3.8, 4) is 22.6 Å². The number of benzene rings is 2. The van der Waals surface area contributed by atoms with Gasteiger partial charge in [0.15, 0.2) is 5.88 Å². The summed E-state index contributed by atoms with van der Waals surface area (Å²) < 4.78 is 12.1. The Hall–Kier alpha value is -3.35. The number of amides is 1. The highest BCUT2D eigenvalue weighted by atomic mass is 16.6. The van der Waals surface area contributed by atoms with Crippen LogP contribution in [0.4, 0.5) is 16.2 Å². The topological polar surface area (TPSA) is 66.1 Å². The van der Waals surface area contributed by atoms with E-state index in [-0.39, 0.29) is 0 Å². The fraction of sp³-hybridized carbons (Fsp3) is 0.400. The van der Waals surface area contributed by atoms with Gasteiger partial charge in [-0.2, -0.15) is 0 Å². The van der Waals surface area contributed by atoms with Crippen LogP contribution in [0.1, 0.15) is 24.0 Å². The van der Waals surface area contributed by atoms with Gasteiger partial charge in [-0.05, 0) is 55.5 Å². The Morgan fingerprint density at radius 3 is 1.78 bits per heavy atom. The van der Waals surface area contributed by atoms with Gasteiger partial charge >= 0.3 is 6.09 Å². The third kappa shape index (κ3) is 4.20.